The van der Waals surface area contributed by atoms with Crippen LogP contribution in [0, 0.1) is 13.8 Å². The molecule has 126 valence electrons. The monoisotopic (exact) mass is 322 g/mol. The molecule has 1 aromatic heterocycles. The number of carbonyl (C=O) groups is 2. The molecule has 7 heteroatoms. The van der Waals surface area contributed by atoms with E-state index in [4.69, 9.17) is 9.15 Å². The lowest BCUT2D eigenvalue weighted by molar-refractivity contribution is -0.152. The largest absolute Gasteiger partial charge is 0.480 e. The molecule has 1 atom stereocenters. The predicted molar refractivity (Wildman–Crippen MR) is 81.5 cm³/mol. The molecule has 0 spiro atoms. The number of piperazine rings is 1. The number of aliphatic carboxylic acids is 1. The summed E-state index contributed by atoms with van der Waals surface area (Å²) in [6.07, 6.45) is 0.496. The third kappa shape index (κ3) is 2.74. The molecule has 0 saturated carbocycles. The van der Waals surface area contributed by atoms with Gasteiger partial charge in [0.15, 0.2) is 0 Å². The second kappa shape index (κ2) is 5.98. The number of ether oxygens (including phenoxy) is 1. The Labute approximate surface area is 134 Å². The summed E-state index contributed by atoms with van der Waals surface area (Å²) in [5.74, 6) is 0.459. The number of rotatable bonds is 3. The number of carbonyl (C=O) groups excluding carboxylic acids is 1. The lowest BCUT2D eigenvalue weighted by Crippen LogP contribution is -2.61. The second-order valence-corrected chi connectivity index (χ2v) is 6.25. The summed E-state index contributed by atoms with van der Waals surface area (Å²) >= 11 is 0. The van der Waals surface area contributed by atoms with Gasteiger partial charge in [0, 0.05) is 39.2 Å². The van der Waals surface area contributed by atoms with Crippen molar-refractivity contribution >= 4 is 11.9 Å². The Bertz CT molecular complexity index is 610. The van der Waals surface area contributed by atoms with Crippen molar-refractivity contribution in [2.45, 2.75) is 25.8 Å². The highest BCUT2D eigenvalue weighted by Gasteiger charge is 2.48. The maximum Gasteiger partial charge on any atom is 0.326 e. The number of aryl methyl sites for hydroxylation is 2. The zero-order valence-corrected chi connectivity index (χ0v) is 13.5. The minimum absolute atomic E-state index is 0.0500. The van der Waals surface area contributed by atoms with Crippen LogP contribution in [0.15, 0.2) is 10.5 Å². The van der Waals surface area contributed by atoms with Crippen LogP contribution in [0.1, 0.15) is 28.3 Å². The van der Waals surface area contributed by atoms with E-state index in [1.54, 1.807) is 17.9 Å². The fourth-order valence-corrected chi connectivity index (χ4v) is 3.46. The Morgan fingerprint density at radius 1 is 1.22 bits per heavy atom. The number of carboxylic acid groups (broad SMARTS) is 1. The standard InChI is InChI=1S/C16H22N2O5/c1-11-9-13(12(2)23-11)14(19)17-4-6-18(7-5-17)16(15(20)21)3-8-22-10-16/h9H,3-8,10H2,1-2H3,(H,20,21). The topological polar surface area (TPSA) is 83.2 Å². The SMILES string of the molecule is Cc1cc(C(=O)N2CCN(C3(C(=O)O)CCOC3)CC2)c(C)o1. The number of hydrogen-bond acceptors (Lipinski definition) is 5. The summed E-state index contributed by atoms with van der Waals surface area (Å²) in [4.78, 5) is 28.0. The van der Waals surface area contributed by atoms with E-state index >= 15 is 0 Å². The number of hydrogen-bond donors (Lipinski definition) is 1. The van der Waals surface area contributed by atoms with E-state index in [1.165, 1.54) is 0 Å². The summed E-state index contributed by atoms with van der Waals surface area (Å²) in [5, 5.41) is 9.59. The average molecular weight is 322 g/mol. The van der Waals surface area contributed by atoms with Gasteiger partial charge in [0.1, 0.15) is 17.1 Å². The Balaban J connectivity index is 1.67. The average Bonchev–Trinajstić information content (AvgIpc) is 3.14. The lowest BCUT2D eigenvalue weighted by atomic mass is 9.95. The molecule has 2 aliphatic heterocycles. The minimum atomic E-state index is -0.933. The normalized spacial score (nSPS) is 25.7. The van der Waals surface area contributed by atoms with E-state index < -0.39 is 11.5 Å². The molecule has 1 amide bonds. The van der Waals surface area contributed by atoms with Crippen molar-refractivity contribution < 1.29 is 23.8 Å². The third-order valence-corrected chi connectivity index (χ3v) is 4.84. The Morgan fingerprint density at radius 2 is 1.91 bits per heavy atom. The first kappa shape index (κ1) is 16.0. The highest BCUT2D eigenvalue weighted by atomic mass is 16.5. The van der Waals surface area contributed by atoms with Gasteiger partial charge in [-0.05, 0) is 19.9 Å². The van der Waals surface area contributed by atoms with Gasteiger partial charge in [0.05, 0.1) is 12.2 Å². The Hall–Kier alpha value is -1.86. The van der Waals surface area contributed by atoms with Crippen molar-refractivity contribution in [1.29, 1.82) is 0 Å². The van der Waals surface area contributed by atoms with Gasteiger partial charge in [0.25, 0.3) is 5.91 Å². The van der Waals surface area contributed by atoms with Gasteiger partial charge in [0.2, 0.25) is 0 Å². The van der Waals surface area contributed by atoms with Crippen LogP contribution in [0.5, 0.6) is 0 Å². The summed E-state index contributed by atoms with van der Waals surface area (Å²) in [6.45, 7) is 6.39. The predicted octanol–water partition coefficient (Wildman–Crippen LogP) is 0.898. The maximum atomic E-state index is 12.6. The molecule has 1 unspecified atom stereocenters. The lowest BCUT2D eigenvalue weighted by Gasteiger charge is -2.42. The van der Waals surface area contributed by atoms with Crippen LogP contribution in [0.3, 0.4) is 0 Å². The first-order chi connectivity index (χ1) is 10.9. The van der Waals surface area contributed by atoms with Crippen molar-refractivity contribution in [3.63, 3.8) is 0 Å². The van der Waals surface area contributed by atoms with Crippen LogP contribution in [0.25, 0.3) is 0 Å². The molecule has 23 heavy (non-hydrogen) atoms. The van der Waals surface area contributed by atoms with E-state index in [-0.39, 0.29) is 12.5 Å². The summed E-state index contributed by atoms with van der Waals surface area (Å²) < 4.78 is 10.7. The van der Waals surface area contributed by atoms with Crippen molar-refractivity contribution in [1.82, 2.24) is 9.80 Å². The van der Waals surface area contributed by atoms with Crippen LogP contribution < -0.4 is 0 Å². The first-order valence-corrected chi connectivity index (χ1v) is 7.86. The molecule has 7 nitrogen and oxygen atoms in total. The maximum absolute atomic E-state index is 12.6. The highest BCUT2D eigenvalue weighted by molar-refractivity contribution is 5.95. The Morgan fingerprint density at radius 3 is 2.39 bits per heavy atom. The molecule has 2 aliphatic rings. The van der Waals surface area contributed by atoms with Crippen LogP contribution in [0.2, 0.25) is 0 Å². The highest BCUT2D eigenvalue weighted by Crippen LogP contribution is 2.28. The smallest absolute Gasteiger partial charge is 0.326 e. The van der Waals surface area contributed by atoms with Crippen LogP contribution in [0.4, 0.5) is 0 Å². The summed E-state index contributed by atoms with van der Waals surface area (Å²) in [7, 11) is 0. The second-order valence-electron chi connectivity index (χ2n) is 6.25. The van der Waals surface area contributed by atoms with E-state index in [2.05, 4.69) is 0 Å². The fraction of sp³-hybridized carbons (Fsp3) is 0.625. The van der Waals surface area contributed by atoms with Gasteiger partial charge in [-0.15, -0.1) is 0 Å². The quantitative estimate of drug-likeness (QED) is 0.890. The third-order valence-electron chi connectivity index (χ3n) is 4.84. The van der Waals surface area contributed by atoms with Crippen molar-refractivity contribution in [2.75, 3.05) is 39.4 Å². The molecule has 2 saturated heterocycles. The molecule has 0 aromatic carbocycles. The van der Waals surface area contributed by atoms with E-state index in [0.29, 0.717) is 50.5 Å². The van der Waals surface area contributed by atoms with Crippen molar-refractivity contribution in [3.8, 4) is 0 Å². The summed E-state index contributed by atoms with van der Waals surface area (Å²) in [6, 6.07) is 1.76. The van der Waals surface area contributed by atoms with Crippen LogP contribution >= 0.6 is 0 Å². The minimum Gasteiger partial charge on any atom is -0.480 e. The van der Waals surface area contributed by atoms with Gasteiger partial charge < -0.3 is 19.2 Å². The molecular weight excluding hydrogens is 300 g/mol. The zero-order chi connectivity index (χ0) is 16.6. The molecular formula is C16H22N2O5. The van der Waals surface area contributed by atoms with Crippen molar-refractivity contribution in [2.24, 2.45) is 0 Å². The van der Waals surface area contributed by atoms with Crippen molar-refractivity contribution in [3.05, 3.63) is 23.2 Å². The van der Waals surface area contributed by atoms with Gasteiger partial charge in [-0.2, -0.15) is 0 Å². The van der Waals surface area contributed by atoms with Gasteiger partial charge >= 0.3 is 5.97 Å². The van der Waals surface area contributed by atoms with Gasteiger partial charge in [-0.3, -0.25) is 14.5 Å². The zero-order valence-electron chi connectivity index (χ0n) is 13.5. The molecule has 0 bridgehead atoms. The van der Waals surface area contributed by atoms with Crippen LogP contribution in [-0.2, 0) is 9.53 Å². The number of carboxylic acids is 1. The van der Waals surface area contributed by atoms with Gasteiger partial charge in [-0.1, -0.05) is 0 Å². The number of amides is 1. The summed E-state index contributed by atoms with van der Waals surface area (Å²) in [5.41, 5.74) is -0.342. The van der Waals surface area contributed by atoms with E-state index in [1.807, 2.05) is 11.8 Å². The molecule has 0 radical (unpaired) electrons. The fourth-order valence-electron chi connectivity index (χ4n) is 3.46. The van der Waals surface area contributed by atoms with Gasteiger partial charge in [-0.25, -0.2) is 0 Å². The van der Waals surface area contributed by atoms with Crippen LogP contribution in [-0.4, -0.2) is 71.7 Å². The number of furan rings is 1. The van der Waals surface area contributed by atoms with E-state index in [9.17, 15) is 14.7 Å². The molecule has 1 aromatic rings. The van der Waals surface area contributed by atoms with E-state index in [0.717, 1.165) is 5.76 Å². The molecule has 3 heterocycles. The molecule has 3 rings (SSSR count). The molecule has 2 fully saturated rings. The first-order valence-electron chi connectivity index (χ1n) is 7.86. The Kier molecular flexibility index (Phi) is 4.16. The molecule has 1 N–H and O–H groups in total. The number of nitrogens with zero attached hydrogens (tertiary/aromatic N) is 2. The molecule has 0 aliphatic carbocycles.